The van der Waals surface area contributed by atoms with Crippen molar-refractivity contribution in [1.82, 2.24) is 9.97 Å². The number of benzene rings is 1. The van der Waals surface area contributed by atoms with Gasteiger partial charge in [0.25, 0.3) is 5.56 Å². The summed E-state index contributed by atoms with van der Waals surface area (Å²) in [6.07, 6.45) is 1.45. The number of nitrogens with zero attached hydrogens (tertiary/aromatic N) is 2. The Morgan fingerprint density at radius 1 is 1.25 bits per heavy atom. The third kappa shape index (κ3) is 1.16. The Bertz CT molecular complexity index is 468. The van der Waals surface area contributed by atoms with Gasteiger partial charge in [-0.3, -0.25) is 9.78 Å². The van der Waals surface area contributed by atoms with E-state index in [2.05, 4.69) is 16.0 Å². The summed E-state index contributed by atoms with van der Waals surface area (Å²) in [6, 6.07) is 9.31. The minimum absolute atomic E-state index is 0.274. The van der Waals surface area contributed by atoms with Crippen LogP contribution in [0, 0.1) is 6.07 Å². The van der Waals surface area contributed by atoms with E-state index in [1.807, 2.05) is 0 Å². The predicted molar refractivity (Wildman–Crippen MR) is 44.6 cm³/mol. The third-order valence-electron chi connectivity index (χ3n) is 1.48. The van der Waals surface area contributed by atoms with Crippen molar-refractivity contribution in [2.75, 3.05) is 0 Å². The van der Waals surface area contributed by atoms with E-state index in [9.17, 15) is 4.79 Å². The van der Waals surface area contributed by atoms with Gasteiger partial charge in [0.1, 0.15) is 0 Å². The molecule has 1 heterocycles. The van der Waals surface area contributed by atoms with E-state index < -0.39 is 0 Å². The molecule has 0 saturated heterocycles. The summed E-state index contributed by atoms with van der Waals surface area (Å²) in [5, 5.41) is 0. The zero-order valence-electron chi connectivity index (χ0n) is 6.19. The Kier molecular flexibility index (Phi) is 1.55. The first-order valence-corrected chi connectivity index (χ1v) is 3.49. The van der Waals surface area contributed by atoms with Gasteiger partial charge in [-0.05, 0) is 18.2 Å². The van der Waals surface area contributed by atoms with Crippen molar-refractivity contribution in [3.8, 4) is 0 Å². The second-order valence-corrected chi connectivity index (χ2v) is 2.31. The topological polar surface area (TPSA) is 42.9 Å². The molecule has 0 atom stereocenters. The quantitative estimate of drug-likeness (QED) is 0.567. The van der Waals surface area contributed by atoms with Crippen LogP contribution < -0.4 is 5.56 Å². The molecule has 2 rings (SSSR count). The van der Waals surface area contributed by atoms with Crippen LogP contribution in [0.15, 0.2) is 35.3 Å². The van der Waals surface area contributed by atoms with E-state index in [0.717, 1.165) is 0 Å². The normalized spacial score (nSPS) is 10.0. The van der Waals surface area contributed by atoms with Crippen molar-refractivity contribution in [2.24, 2.45) is 0 Å². The predicted octanol–water partition coefficient (Wildman–Crippen LogP) is 0.790. The van der Waals surface area contributed by atoms with Gasteiger partial charge >= 0.3 is 0 Å². The highest BCUT2D eigenvalue weighted by molar-refractivity contribution is 5.72. The lowest BCUT2D eigenvalue weighted by Crippen LogP contribution is -1.97. The summed E-state index contributed by atoms with van der Waals surface area (Å²) in [7, 11) is 0. The molecule has 3 nitrogen and oxygen atoms in total. The van der Waals surface area contributed by atoms with Crippen LogP contribution in [0.5, 0.6) is 0 Å². The Morgan fingerprint density at radius 3 is 3.08 bits per heavy atom. The molecule has 0 aliphatic heterocycles. The fourth-order valence-corrected chi connectivity index (χ4v) is 0.949. The molecule has 0 aliphatic rings. The van der Waals surface area contributed by atoms with Gasteiger partial charge in [-0.1, -0.05) is 6.07 Å². The maximum Gasteiger partial charge on any atom is 0.271 e. The fraction of sp³-hybridized carbons (Fsp3) is 0. The van der Waals surface area contributed by atoms with Crippen LogP contribution in [-0.2, 0) is 0 Å². The molecule has 1 aromatic carbocycles. The average Bonchev–Trinajstić information content (AvgIpc) is 2.25. The van der Waals surface area contributed by atoms with Gasteiger partial charge in [0.2, 0.25) is 0 Å². The largest absolute Gasteiger partial charge is 0.271 e. The average molecular weight is 157 g/mol. The van der Waals surface area contributed by atoms with E-state index in [-0.39, 0.29) is 5.56 Å². The first-order chi connectivity index (χ1) is 5.86. The summed E-state index contributed by atoms with van der Waals surface area (Å²) in [5.74, 6) is 0. The lowest BCUT2D eigenvalue weighted by Gasteiger charge is -1.84. The first kappa shape index (κ1) is 6.91. The zero-order chi connectivity index (χ0) is 8.39. The maximum atomic E-state index is 10.9. The van der Waals surface area contributed by atoms with Crippen LogP contribution in [0.4, 0.5) is 0 Å². The van der Waals surface area contributed by atoms with E-state index in [1.165, 1.54) is 12.3 Å². The molecular formula is C9H5N2O. The lowest BCUT2D eigenvalue weighted by molar-refractivity contribution is 1.33. The van der Waals surface area contributed by atoms with Crippen molar-refractivity contribution >= 4 is 11.0 Å². The van der Waals surface area contributed by atoms with Crippen LogP contribution in [0.1, 0.15) is 0 Å². The molecule has 0 aliphatic carbocycles. The van der Waals surface area contributed by atoms with E-state index in [4.69, 9.17) is 0 Å². The van der Waals surface area contributed by atoms with E-state index in [1.54, 1.807) is 18.2 Å². The van der Waals surface area contributed by atoms with Gasteiger partial charge < -0.3 is 0 Å². The molecule has 0 spiro atoms. The molecule has 0 amide bonds. The van der Waals surface area contributed by atoms with Crippen LogP contribution >= 0.6 is 0 Å². The molecule has 0 saturated carbocycles. The number of hydrogen-bond acceptors (Lipinski definition) is 3. The fourth-order valence-electron chi connectivity index (χ4n) is 0.949. The van der Waals surface area contributed by atoms with Crippen LogP contribution in [0.3, 0.4) is 0 Å². The molecule has 0 fully saturated rings. The molecule has 1 radical (unpaired) electrons. The minimum Gasteiger partial charge on any atom is -0.267 e. The summed E-state index contributed by atoms with van der Waals surface area (Å²) >= 11 is 0. The molecule has 2 aromatic rings. The second-order valence-electron chi connectivity index (χ2n) is 2.31. The Balaban J connectivity index is 2.98. The Morgan fingerprint density at radius 2 is 2.17 bits per heavy atom. The van der Waals surface area contributed by atoms with Crippen molar-refractivity contribution in [3.63, 3.8) is 0 Å². The number of fused-ring (bicyclic) bond motifs is 1. The molecule has 0 N–H and O–H groups in total. The molecular weight excluding hydrogens is 152 g/mol. The minimum atomic E-state index is -0.274. The molecule has 0 unspecified atom stereocenters. The van der Waals surface area contributed by atoms with Crippen molar-refractivity contribution in [3.05, 3.63) is 46.9 Å². The summed E-state index contributed by atoms with van der Waals surface area (Å²) < 4.78 is 0. The molecule has 12 heavy (non-hydrogen) atoms. The first-order valence-electron chi connectivity index (χ1n) is 3.49. The number of aromatic nitrogens is 2. The van der Waals surface area contributed by atoms with Gasteiger partial charge in [-0.25, -0.2) is 4.98 Å². The van der Waals surface area contributed by atoms with Gasteiger partial charge in [0.05, 0.1) is 11.0 Å². The van der Waals surface area contributed by atoms with Gasteiger partial charge in [0.15, 0.2) is 0 Å². The monoisotopic (exact) mass is 157 g/mol. The van der Waals surface area contributed by atoms with Crippen LogP contribution in [0.25, 0.3) is 11.0 Å². The van der Waals surface area contributed by atoms with Crippen molar-refractivity contribution < 1.29 is 0 Å². The SMILES string of the molecule is O=c1ccnc2c[c]ccc2n1. The van der Waals surface area contributed by atoms with E-state index in [0.29, 0.717) is 11.0 Å². The van der Waals surface area contributed by atoms with Gasteiger partial charge in [-0.2, -0.15) is 0 Å². The smallest absolute Gasteiger partial charge is 0.267 e. The van der Waals surface area contributed by atoms with Crippen molar-refractivity contribution in [1.29, 1.82) is 0 Å². The summed E-state index contributed by atoms with van der Waals surface area (Å²) in [5.41, 5.74) is 1.01. The standard InChI is InChI=1S/C9H5N2O/c12-9-5-6-10-7-3-1-2-4-8(7)11-9/h2-6H. The molecule has 57 valence electrons. The van der Waals surface area contributed by atoms with Gasteiger partial charge in [0, 0.05) is 12.3 Å². The maximum absolute atomic E-state index is 10.9. The highest BCUT2D eigenvalue weighted by Crippen LogP contribution is 2.02. The van der Waals surface area contributed by atoms with Crippen LogP contribution in [-0.4, -0.2) is 9.97 Å². The Labute approximate surface area is 68.7 Å². The number of rotatable bonds is 0. The lowest BCUT2D eigenvalue weighted by atomic mass is 10.3. The molecule has 3 heteroatoms. The van der Waals surface area contributed by atoms with Gasteiger partial charge in [-0.15, -0.1) is 0 Å². The van der Waals surface area contributed by atoms with Crippen LogP contribution in [0.2, 0.25) is 0 Å². The van der Waals surface area contributed by atoms with Crippen molar-refractivity contribution in [2.45, 2.75) is 0 Å². The molecule has 0 bridgehead atoms. The summed E-state index contributed by atoms with van der Waals surface area (Å²) in [4.78, 5) is 18.7. The van der Waals surface area contributed by atoms with E-state index >= 15 is 0 Å². The molecule has 1 aromatic heterocycles. The Hall–Kier alpha value is -1.77. The highest BCUT2D eigenvalue weighted by atomic mass is 16.1. The third-order valence-corrected chi connectivity index (χ3v) is 1.48. The summed E-state index contributed by atoms with van der Waals surface area (Å²) in [6.45, 7) is 0. The zero-order valence-corrected chi connectivity index (χ0v) is 6.19. The number of hydrogen-bond donors (Lipinski definition) is 0. The highest BCUT2D eigenvalue weighted by Gasteiger charge is 1.91. The second kappa shape index (κ2) is 2.70.